The van der Waals surface area contributed by atoms with Crippen molar-refractivity contribution in [2.24, 2.45) is 0 Å². The van der Waals surface area contributed by atoms with E-state index in [1.54, 1.807) is 0 Å². The van der Waals surface area contributed by atoms with Crippen molar-refractivity contribution in [3.63, 3.8) is 0 Å². The minimum atomic E-state index is 0.114. The molecular formula is C14H23N3O. The lowest BCUT2D eigenvalue weighted by molar-refractivity contribution is 0.302. The number of rotatable bonds is 8. The molecule has 0 spiro atoms. The molecule has 0 bridgehead atoms. The average Bonchev–Trinajstić information content (AvgIpc) is 2.39. The molecule has 0 aliphatic rings. The van der Waals surface area contributed by atoms with E-state index in [-0.39, 0.29) is 6.61 Å². The molecule has 2 N–H and O–H groups in total. The van der Waals surface area contributed by atoms with E-state index in [4.69, 9.17) is 5.11 Å². The minimum absolute atomic E-state index is 0.114. The molecule has 0 saturated carbocycles. The number of aromatic nitrogens is 1. The van der Waals surface area contributed by atoms with E-state index in [2.05, 4.69) is 36.8 Å². The predicted octanol–water partition coefficient (Wildman–Crippen LogP) is 1.74. The number of hydrogen-bond donors (Lipinski definition) is 2. The van der Waals surface area contributed by atoms with Crippen LogP contribution in [0.5, 0.6) is 0 Å². The van der Waals surface area contributed by atoms with E-state index in [1.165, 1.54) is 5.56 Å². The van der Waals surface area contributed by atoms with Gasteiger partial charge in [0.1, 0.15) is 5.82 Å². The van der Waals surface area contributed by atoms with Gasteiger partial charge in [0.2, 0.25) is 0 Å². The Hall–Kier alpha value is -1.39. The van der Waals surface area contributed by atoms with Gasteiger partial charge >= 0.3 is 0 Å². The highest BCUT2D eigenvalue weighted by atomic mass is 16.3. The molecule has 100 valence electrons. The lowest BCUT2D eigenvalue weighted by Crippen LogP contribution is -2.28. The summed E-state index contributed by atoms with van der Waals surface area (Å²) in [6.45, 7) is 10.3. The molecule has 0 fully saturated rings. The first kappa shape index (κ1) is 14.7. The molecule has 0 aromatic carbocycles. The first-order chi connectivity index (χ1) is 8.72. The number of pyridine rings is 1. The summed E-state index contributed by atoms with van der Waals surface area (Å²) in [5.74, 6) is 0.881. The van der Waals surface area contributed by atoms with Crippen LogP contribution in [0.25, 0.3) is 0 Å². The van der Waals surface area contributed by atoms with Gasteiger partial charge in [0.15, 0.2) is 0 Å². The molecule has 4 nitrogen and oxygen atoms in total. The van der Waals surface area contributed by atoms with Gasteiger partial charge in [-0.25, -0.2) is 4.98 Å². The van der Waals surface area contributed by atoms with E-state index < -0.39 is 0 Å². The fourth-order valence-electron chi connectivity index (χ4n) is 1.88. The Kier molecular flexibility index (Phi) is 6.39. The van der Waals surface area contributed by atoms with Crippen LogP contribution in [-0.4, -0.2) is 36.3 Å². The lowest BCUT2D eigenvalue weighted by Gasteiger charge is -2.22. The Labute approximate surface area is 109 Å². The molecule has 18 heavy (non-hydrogen) atoms. The number of nitrogens with one attached hydrogen (secondary N) is 1. The lowest BCUT2D eigenvalue weighted by atomic mass is 10.1. The molecule has 1 unspecified atom stereocenters. The zero-order valence-electron chi connectivity index (χ0n) is 11.3. The smallest absolute Gasteiger partial charge is 0.129 e. The number of hydrogen-bond acceptors (Lipinski definition) is 4. The summed E-state index contributed by atoms with van der Waals surface area (Å²) in [6, 6.07) is 4.38. The average molecular weight is 249 g/mol. The molecule has 0 saturated heterocycles. The van der Waals surface area contributed by atoms with E-state index in [0.29, 0.717) is 19.1 Å². The van der Waals surface area contributed by atoms with E-state index in [1.807, 2.05) is 23.2 Å². The summed E-state index contributed by atoms with van der Waals surface area (Å²) in [7, 11) is 0. The van der Waals surface area contributed by atoms with Crippen LogP contribution in [0.2, 0.25) is 0 Å². The molecule has 1 aromatic heterocycles. The van der Waals surface area contributed by atoms with Crippen molar-refractivity contribution < 1.29 is 5.11 Å². The summed E-state index contributed by atoms with van der Waals surface area (Å²) >= 11 is 0. The number of anilines is 1. The summed E-state index contributed by atoms with van der Waals surface area (Å²) in [5, 5.41) is 12.4. The summed E-state index contributed by atoms with van der Waals surface area (Å²) in [4.78, 5) is 6.37. The maximum atomic E-state index is 9.07. The van der Waals surface area contributed by atoms with Crippen LogP contribution in [0.1, 0.15) is 25.5 Å². The molecule has 0 amide bonds. The van der Waals surface area contributed by atoms with Crippen molar-refractivity contribution in [3.05, 3.63) is 36.5 Å². The third-order valence-corrected chi connectivity index (χ3v) is 2.82. The summed E-state index contributed by atoms with van der Waals surface area (Å²) < 4.78 is 0. The van der Waals surface area contributed by atoms with Crippen molar-refractivity contribution in [1.29, 1.82) is 0 Å². The molecule has 1 rings (SSSR count). The zero-order chi connectivity index (χ0) is 13.4. The molecule has 4 heteroatoms. The fourth-order valence-corrected chi connectivity index (χ4v) is 1.88. The fraction of sp³-hybridized carbons (Fsp3) is 0.500. The molecule has 1 atom stereocenters. The highest BCUT2D eigenvalue weighted by Crippen LogP contribution is 2.17. The van der Waals surface area contributed by atoms with Crippen molar-refractivity contribution in [2.45, 2.75) is 19.9 Å². The molecule has 0 aliphatic heterocycles. The first-order valence-electron chi connectivity index (χ1n) is 6.39. The minimum Gasteiger partial charge on any atom is -0.395 e. The summed E-state index contributed by atoms with van der Waals surface area (Å²) in [5.41, 5.74) is 1.20. The van der Waals surface area contributed by atoms with E-state index in [0.717, 1.165) is 12.4 Å². The molecule has 0 radical (unpaired) electrons. The van der Waals surface area contributed by atoms with Crippen molar-refractivity contribution >= 4 is 5.82 Å². The molecule has 1 aromatic rings. The molecule has 0 aliphatic carbocycles. The third-order valence-electron chi connectivity index (χ3n) is 2.82. The number of aliphatic hydroxyl groups is 1. The largest absolute Gasteiger partial charge is 0.395 e. The second kappa shape index (κ2) is 7.84. The van der Waals surface area contributed by atoms with Crippen LogP contribution in [0.15, 0.2) is 31.0 Å². The van der Waals surface area contributed by atoms with E-state index in [9.17, 15) is 0 Å². The van der Waals surface area contributed by atoms with Crippen molar-refractivity contribution in [2.75, 3.05) is 31.1 Å². The SMILES string of the molecule is C=CCN(CCO)c1cc(C(C)NCC)ccn1. The van der Waals surface area contributed by atoms with Gasteiger partial charge in [-0.3, -0.25) is 0 Å². The summed E-state index contributed by atoms with van der Waals surface area (Å²) in [6.07, 6.45) is 3.63. The Balaban J connectivity index is 2.87. The Bertz CT molecular complexity index is 368. The van der Waals surface area contributed by atoms with Gasteiger partial charge in [0, 0.05) is 25.3 Å². The number of aliphatic hydroxyl groups excluding tert-OH is 1. The van der Waals surface area contributed by atoms with Crippen LogP contribution in [0.4, 0.5) is 5.82 Å². The van der Waals surface area contributed by atoms with Crippen LogP contribution in [0, 0.1) is 0 Å². The second-order valence-electron chi connectivity index (χ2n) is 4.19. The number of nitrogens with zero attached hydrogens (tertiary/aromatic N) is 2. The maximum absolute atomic E-state index is 9.07. The van der Waals surface area contributed by atoms with Crippen LogP contribution >= 0.6 is 0 Å². The van der Waals surface area contributed by atoms with Crippen LogP contribution in [0.3, 0.4) is 0 Å². The van der Waals surface area contributed by atoms with Gasteiger partial charge < -0.3 is 15.3 Å². The Morgan fingerprint density at radius 1 is 1.61 bits per heavy atom. The highest BCUT2D eigenvalue weighted by molar-refractivity contribution is 5.42. The second-order valence-corrected chi connectivity index (χ2v) is 4.19. The van der Waals surface area contributed by atoms with Gasteiger partial charge in [0.05, 0.1) is 6.61 Å². The Morgan fingerprint density at radius 2 is 2.39 bits per heavy atom. The Morgan fingerprint density at radius 3 is 3.00 bits per heavy atom. The molecular weight excluding hydrogens is 226 g/mol. The van der Waals surface area contributed by atoms with Gasteiger partial charge in [-0.2, -0.15) is 0 Å². The van der Waals surface area contributed by atoms with Gasteiger partial charge in [-0.05, 0) is 31.2 Å². The van der Waals surface area contributed by atoms with Crippen molar-refractivity contribution in [3.8, 4) is 0 Å². The van der Waals surface area contributed by atoms with E-state index >= 15 is 0 Å². The normalized spacial score (nSPS) is 12.2. The maximum Gasteiger partial charge on any atom is 0.129 e. The first-order valence-corrected chi connectivity index (χ1v) is 6.39. The van der Waals surface area contributed by atoms with Gasteiger partial charge in [-0.15, -0.1) is 6.58 Å². The third kappa shape index (κ3) is 4.13. The zero-order valence-corrected chi connectivity index (χ0v) is 11.3. The van der Waals surface area contributed by atoms with Crippen molar-refractivity contribution in [1.82, 2.24) is 10.3 Å². The topological polar surface area (TPSA) is 48.4 Å². The van der Waals surface area contributed by atoms with Crippen LogP contribution in [-0.2, 0) is 0 Å². The monoisotopic (exact) mass is 249 g/mol. The highest BCUT2D eigenvalue weighted by Gasteiger charge is 2.09. The standard InChI is InChI=1S/C14H23N3O/c1-4-8-17(9-10-18)14-11-13(6-7-16-14)12(3)15-5-2/h4,6-7,11-12,15,18H,1,5,8-10H2,2-3H3. The van der Waals surface area contributed by atoms with Crippen LogP contribution < -0.4 is 10.2 Å². The quantitative estimate of drug-likeness (QED) is 0.689. The van der Waals surface area contributed by atoms with Gasteiger partial charge in [-0.1, -0.05) is 13.0 Å². The predicted molar refractivity (Wildman–Crippen MR) is 75.8 cm³/mol. The van der Waals surface area contributed by atoms with Gasteiger partial charge in [0.25, 0.3) is 0 Å². The molecule has 1 heterocycles.